The summed E-state index contributed by atoms with van der Waals surface area (Å²) in [4.78, 5) is 30.1. The SMILES string of the molecule is N#CCCNCCCCN(CCCN(CCC#N)C(=O)CCc1ccc(OCc2ccccc2)c(OCc2ccccc2)c1)C(=O)OCc1ccccc1. The fourth-order valence-electron chi connectivity index (χ4n) is 5.75. The third kappa shape index (κ3) is 15.4. The fraction of sp³-hybridized carbons (Fsp3) is 0.364. The number of aryl methyl sites for hydroxylation is 1. The maximum absolute atomic E-state index is 13.6. The van der Waals surface area contributed by atoms with Gasteiger partial charge in [0.1, 0.15) is 19.8 Å². The van der Waals surface area contributed by atoms with Crippen molar-refractivity contribution in [2.75, 3.05) is 39.3 Å². The molecule has 0 radical (unpaired) electrons. The Morgan fingerprint density at radius 3 is 1.78 bits per heavy atom. The standard InChI is InChI=1S/C44H51N5O5/c45-25-12-28-47-27-10-11-29-49(44(51)54-36-40-19-8-3-9-20-40)32-14-31-48(30-13-26-46)43(50)24-22-37-21-23-41(52-34-38-15-4-1-5-16-38)42(33-37)53-35-39-17-6-2-7-18-39/h1-9,15-21,23,33,47H,10-14,22,24,27-32,34-36H2. The number of amides is 2. The lowest BCUT2D eigenvalue weighted by molar-refractivity contribution is -0.131. The van der Waals surface area contributed by atoms with Crippen LogP contribution in [0, 0.1) is 22.7 Å². The van der Waals surface area contributed by atoms with E-state index in [4.69, 9.17) is 19.5 Å². The Hall–Kier alpha value is -5.84. The molecule has 2 amide bonds. The van der Waals surface area contributed by atoms with Gasteiger partial charge in [-0.3, -0.25) is 4.79 Å². The van der Waals surface area contributed by atoms with Crippen LogP contribution in [0.5, 0.6) is 11.5 Å². The predicted octanol–water partition coefficient (Wildman–Crippen LogP) is 7.83. The van der Waals surface area contributed by atoms with Crippen LogP contribution in [0.1, 0.15) is 60.8 Å². The molecule has 0 saturated heterocycles. The average Bonchev–Trinajstić information content (AvgIpc) is 3.22. The summed E-state index contributed by atoms with van der Waals surface area (Å²) in [5, 5.41) is 21.3. The molecule has 0 aliphatic heterocycles. The van der Waals surface area contributed by atoms with E-state index in [1.165, 1.54) is 0 Å². The first kappa shape index (κ1) is 40.9. The Labute approximate surface area is 319 Å². The summed E-state index contributed by atoms with van der Waals surface area (Å²) in [5.74, 6) is 1.18. The van der Waals surface area contributed by atoms with Gasteiger partial charge in [-0.1, -0.05) is 97.1 Å². The van der Waals surface area contributed by atoms with Crippen LogP contribution in [0.4, 0.5) is 4.79 Å². The molecule has 0 aliphatic carbocycles. The maximum atomic E-state index is 13.6. The summed E-state index contributed by atoms with van der Waals surface area (Å²) in [6.45, 7) is 4.02. The van der Waals surface area contributed by atoms with Crippen molar-refractivity contribution in [2.24, 2.45) is 0 Å². The Balaban J connectivity index is 1.34. The van der Waals surface area contributed by atoms with Crippen LogP contribution in [0.25, 0.3) is 0 Å². The van der Waals surface area contributed by atoms with Gasteiger partial charge in [0.05, 0.1) is 18.6 Å². The van der Waals surface area contributed by atoms with Gasteiger partial charge in [-0.25, -0.2) is 4.79 Å². The number of nitrogens with one attached hydrogen (secondary N) is 1. The summed E-state index contributed by atoms with van der Waals surface area (Å²) < 4.78 is 18.1. The highest BCUT2D eigenvalue weighted by molar-refractivity contribution is 5.76. The summed E-state index contributed by atoms with van der Waals surface area (Å²) >= 11 is 0. The average molecular weight is 730 g/mol. The first-order valence-electron chi connectivity index (χ1n) is 18.7. The van der Waals surface area contributed by atoms with E-state index in [1.54, 1.807) is 9.80 Å². The van der Waals surface area contributed by atoms with Crippen molar-refractivity contribution in [3.8, 4) is 23.6 Å². The zero-order valence-corrected chi connectivity index (χ0v) is 31.0. The lowest BCUT2D eigenvalue weighted by Gasteiger charge is -2.26. The zero-order chi connectivity index (χ0) is 38.1. The first-order valence-corrected chi connectivity index (χ1v) is 18.7. The predicted molar refractivity (Wildman–Crippen MR) is 208 cm³/mol. The molecule has 4 aromatic rings. The lowest BCUT2D eigenvalue weighted by Crippen LogP contribution is -2.38. The summed E-state index contributed by atoms with van der Waals surface area (Å²) in [6, 6.07) is 39.5. The molecule has 0 spiro atoms. The van der Waals surface area contributed by atoms with Crippen molar-refractivity contribution < 1.29 is 23.8 Å². The first-order chi connectivity index (χ1) is 26.6. The van der Waals surface area contributed by atoms with Crippen molar-refractivity contribution in [2.45, 2.75) is 64.8 Å². The van der Waals surface area contributed by atoms with E-state index in [2.05, 4.69) is 17.5 Å². The van der Waals surface area contributed by atoms with Crippen molar-refractivity contribution in [3.05, 3.63) is 131 Å². The largest absolute Gasteiger partial charge is 0.485 e. The smallest absolute Gasteiger partial charge is 0.410 e. The highest BCUT2D eigenvalue weighted by Crippen LogP contribution is 2.31. The van der Waals surface area contributed by atoms with Gasteiger partial charge in [0.25, 0.3) is 0 Å². The number of carbonyl (C=O) groups is 2. The molecule has 10 heteroatoms. The number of rotatable bonds is 24. The summed E-state index contributed by atoms with van der Waals surface area (Å²) in [6.07, 6.45) is 3.19. The van der Waals surface area contributed by atoms with Crippen LogP contribution in [-0.4, -0.2) is 61.1 Å². The minimum atomic E-state index is -0.396. The molecule has 0 saturated carbocycles. The molecule has 282 valence electrons. The molecule has 54 heavy (non-hydrogen) atoms. The van der Waals surface area contributed by atoms with Crippen molar-refractivity contribution in [1.29, 1.82) is 10.5 Å². The third-order valence-corrected chi connectivity index (χ3v) is 8.72. The minimum absolute atomic E-state index is 0.0527. The molecule has 4 rings (SSSR count). The molecule has 0 aliphatic rings. The quantitative estimate of drug-likeness (QED) is 0.0723. The number of benzene rings is 4. The van der Waals surface area contributed by atoms with E-state index >= 15 is 0 Å². The number of carbonyl (C=O) groups excluding carboxylic acids is 2. The minimum Gasteiger partial charge on any atom is -0.485 e. The van der Waals surface area contributed by atoms with Gasteiger partial charge < -0.3 is 29.3 Å². The molecular formula is C44H51N5O5. The zero-order valence-electron chi connectivity index (χ0n) is 31.0. The van der Waals surface area contributed by atoms with Gasteiger partial charge in [0.2, 0.25) is 5.91 Å². The highest BCUT2D eigenvalue weighted by atomic mass is 16.6. The van der Waals surface area contributed by atoms with Gasteiger partial charge in [-0.2, -0.15) is 10.5 Å². The van der Waals surface area contributed by atoms with E-state index in [0.29, 0.717) is 76.7 Å². The summed E-state index contributed by atoms with van der Waals surface area (Å²) in [5.41, 5.74) is 3.93. The molecular weight excluding hydrogens is 679 g/mol. The van der Waals surface area contributed by atoms with Crippen molar-refractivity contribution in [1.82, 2.24) is 15.1 Å². The van der Waals surface area contributed by atoms with E-state index in [1.807, 2.05) is 109 Å². The Morgan fingerprint density at radius 1 is 0.574 bits per heavy atom. The van der Waals surface area contributed by atoms with Crippen LogP contribution < -0.4 is 14.8 Å². The van der Waals surface area contributed by atoms with Crippen molar-refractivity contribution in [3.63, 3.8) is 0 Å². The lowest BCUT2D eigenvalue weighted by atomic mass is 10.1. The molecule has 10 nitrogen and oxygen atoms in total. The Bertz CT molecular complexity index is 1760. The molecule has 0 heterocycles. The Kier molecular flexibility index (Phi) is 18.5. The monoisotopic (exact) mass is 729 g/mol. The molecule has 0 bridgehead atoms. The molecule has 1 N–H and O–H groups in total. The van der Waals surface area contributed by atoms with Gasteiger partial charge in [0.15, 0.2) is 11.5 Å². The number of hydrogen-bond donors (Lipinski definition) is 1. The van der Waals surface area contributed by atoms with Gasteiger partial charge in [-0.05, 0) is 66.6 Å². The van der Waals surface area contributed by atoms with Crippen LogP contribution in [0.15, 0.2) is 109 Å². The molecule has 0 unspecified atom stereocenters. The number of hydrogen-bond acceptors (Lipinski definition) is 8. The molecule has 0 aromatic heterocycles. The Morgan fingerprint density at radius 2 is 1.15 bits per heavy atom. The molecule has 0 atom stereocenters. The second-order valence-corrected chi connectivity index (χ2v) is 12.9. The number of nitrogens with zero attached hydrogens (tertiary/aromatic N) is 4. The number of nitriles is 2. The fourth-order valence-corrected chi connectivity index (χ4v) is 5.75. The maximum Gasteiger partial charge on any atom is 0.410 e. The highest BCUT2D eigenvalue weighted by Gasteiger charge is 2.18. The van der Waals surface area contributed by atoms with Crippen LogP contribution in [0.2, 0.25) is 0 Å². The van der Waals surface area contributed by atoms with E-state index < -0.39 is 6.09 Å². The third-order valence-electron chi connectivity index (χ3n) is 8.72. The molecule has 4 aromatic carbocycles. The number of unbranched alkanes of at least 4 members (excludes halogenated alkanes) is 1. The van der Waals surface area contributed by atoms with E-state index in [9.17, 15) is 14.9 Å². The van der Waals surface area contributed by atoms with Gasteiger partial charge >= 0.3 is 6.09 Å². The summed E-state index contributed by atoms with van der Waals surface area (Å²) in [7, 11) is 0. The van der Waals surface area contributed by atoms with Crippen LogP contribution >= 0.6 is 0 Å². The van der Waals surface area contributed by atoms with E-state index in [0.717, 1.165) is 41.6 Å². The van der Waals surface area contributed by atoms with Gasteiger partial charge in [0, 0.05) is 45.6 Å². The van der Waals surface area contributed by atoms with Crippen LogP contribution in [-0.2, 0) is 35.8 Å². The van der Waals surface area contributed by atoms with Crippen molar-refractivity contribution >= 4 is 12.0 Å². The topological polar surface area (TPSA) is 128 Å². The van der Waals surface area contributed by atoms with Gasteiger partial charge in [-0.15, -0.1) is 0 Å². The van der Waals surface area contributed by atoms with Crippen LogP contribution in [0.3, 0.4) is 0 Å². The second kappa shape index (κ2) is 24.4. The second-order valence-electron chi connectivity index (χ2n) is 12.9. The number of ether oxygens (including phenoxy) is 3. The van der Waals surface area contributed by atoms with E-state index in [-0.39, 0.29) is 25.4 Å². The molecule has 0 fully saturated rings. The normalized spacial score (nSPS) is 10.5.